The van der Waals surface area contributed by atoms with Crippen molar-refractivity contribution in [3.63, 3.8) is 0 Å². The van der Waals surface area contributed by atoms with Gasteiger partial charge >= 0.3 is 5.97 Å². The Morgan fingerprint density at radius 1 is 1.82 bits per heavy atom. The zero-order chi connectivity index (χ0) is 8.43. The van der Waals surface area contributed by atoms with Crippen molar-refractivity contribution in [2.24, 2.45) is 5.92 Å². The number of hydrogen-bond donors (Lipinski definition) is 1. The molecular weight excluding hydrogens is 166 g/mol. The first-order chi connectivity index (χ1) is 5.16. The molecule has 1 rings (SSSR count). The summed E-state index contributed by atoms with van der Waals surface area (Å²) < 4.78 is 1.61. The van der Waals surface area contributed by atoms with E-state index in [0.717, 1.165) is 6.42 Å². The minimum Gasteiger partial charge on any atom is -0.481 e. The van der Waals surface area contributed by atoms with Crippen molar-refractivity contribution in [3.8, 4) is 0 Å². The first-order valence-corrected chi connectivity index (χ1v) is 4.15. The van der Waals surface area contributed by atoms with Crippen LogP contribution in [-0.4, -0.2) is 28.1 Å². The van der Waals surface area contributed by atoms with E-state index < -0.39 is 5.97 Å². The van der Waals surface area contributed by atoms with Gasteiger partial charge in [0, 0.05) is 12.6 Å². The predicted octanol–water partition coefficient (Wildman–Crippen LogP) is 1.33. The molecule has 1 aliphatic rings. The third kappa shape index (κ3) is 1.65. The van der Waals surface area contributed by atoms with Crippen molar-refractivity contribution in [3.05, 3.63) is 0 Å². The lowest BCUT2D eigenvalue weighted by Gasteiger charge is -2.17. The van der Waals surface area contributed by atoms with E-state index >= 15 is 0 Å². The standard InChI is InChI=1S/C7H12ClNO2/c1-2-6-5(7(10)11)3-4-9(6)8/h5-6H,2-4H2,1H3,(H,10,11). The molecule has 0 aromatic carbocycles. The Bertz CT molecular complexity index is 163. The highest BCUT2D eigenvalue weighted by molar-refractivity contribution is 6.13. The summed E-state index contributed by atoms with van der Waals surface area (Å²) in [5.74, 6) is -0.988. The molecule has 0 bridgehead atoms. The Labute approximate surface area is 71.1 Å². The van der Waals surface area contributed by atoms with Crippen LogP contribution in [0.3, 0.4) is 0 Å². The zero-order valence-corrected chi connectivity index (χ0v) is 7.21. The fourth-order valence-corrected chi connectivity index (χ4v) is 1.96. The lowest BCUT2D eigenvalue weighted by Crippen LogP contribution is -2.29. The van der Waals surface area contributed by atoms with Gasteiger partial charge in [0.1, 0.15) is 0 Å². The summed E-state index contributed by atoms with van der Waals surface area (Å²) >= 11 is 5.79. The van der Waals surface area contributed by atoms with Crippen molar-refractivity contribution in [1.82, 2.24) is 4.42 Å². The second-order valence-electron chi connectivity index (χ2n) is 2.83. The molecule has 0 saturated carbocycles. The summed E-state index contributed by atoms with van der Waals surface area (Å²) in [7, 11) is 0. The molecule has 11 heavy (non-hydrogen) atoms. The van der Waals surface area contributed by atoms with Gasteiger partial charge in [-0.25, -0.2) is 4.42 Å². The fourth-order valence-electron chi connectivity index (χ4n) is 1.59. The molecule has 2 unspecified atom stereocenters. The Morgan fingerprint density at radius 2 is 2.45 bits per heavy atom. The van der Waals surface area contributed by atoms with Crippen LogP contribution in [0.2, 0.25) is 0 Å². The number of nitrogens with zero attached hydrogens (tertiary/aromatic N) is 1. The van der Waals surface area contributed by atoms with Gasteiger partial charge in [0.2, 0.25) is 0 Å². The summed E-state index contributed by atoms with van der Waals surface area (Å²) in [5, 5.41) is 8.75. The van der Waals surface area contributed by atoms with Crippen LogP contribution in [0.5, 0.6) is 0 Å². The van der Waals surface area contributed by atoms with E-state index in [9.17, 15) is 4.79 Å². The van der Waals surface area contributed by atoms with E-state index in [1.807, 2.05) is 6.92 Å². The van der Waals surface area contributed by atoms with Gasteiger partial charge in [-0.05, 0) is 24.6 Å². The molecule has 0 spiro atoms. The summed E-state index contributed by atoms with van der Waals surface area (Å²) in [6, 6.07) is 0.0224. The Morgan fingerprint density at radius 3 is 2.82 bits per heavy atom. The summed E-state index contributed by atoms with van der Waals surface area (Å²) in [6.45, 7) is 2.65. The Balaban J connectivity index is 2.61. The molecule has 0 aliphatic carbocycles. The van der Waals surface area contributed by atoms with Crippen molar-refractivity contribution >= 4 is 17.7 Å². The monoisotopic (exact) mass is 177 g/mol. The van der Waals surface area contributed by atoms with Crippen molar-refractivity contribution in [2.75, 3.05) is 6.54 Å². The quantitative estimate of drug-likeness (QED) is 0.647. The molecule has 0 aromatic heterocycles. The highest BCUT2D eigenvalue weighted by Crippen LogP contribution is 2.28. The largest absolute Gasteiger partial charge is 0.481 e. The summed E-state index contributed by atoms with van der Waals surface area (Å²) in [5.41, 5.74) is 0. The van der Waals surface area contributed by atoms with Crippen LogP contribution < -0.4 is 0 Å². The second-order valence-corrected chi connectivity index (χ2v) is 3.27. The Kier molecular flexibility index (Phi) is 2.73. The second kappa shape index (κ2) is 3.41. The van der Waals surface area contributed by atoms with Crippen LogP contribution in [-0.2, 0) is 4.79 Å². The molecule has 1 aliphatic heterocycles. The number of hydrogen-bond acceptors (Lipinski definition) is 2. The highest BCUT2D eigenvalue weighted by Gasteiger charge is 2.36. The number of carbonyl (C=O) groups is 1. The maximum atomic E-state index is 10.6. The first-order valence-electron chi connectivity index (χ1n) is 3.82. The lowest BCUT2D eigenvalue weighted by molar-refractivity contribution is -0.142. The van der Waals surface area contributed by atoms with Gasteiger partial charge < -0.3 is 5.11 Å². The molecular formula is C7H12ClNO2. The normalized spacial score (nSPS) is 32.5. The molecule has 1 N–H and O–H groups in total. The van der Waals surface area contributed by atoms with Crippen molar-refractivity contribution in [1.29, 1.82) is 0 Å². The van der Waals surface area contributed by atoms with E-state index in [4.69, 9.17) is 16.9 Å². The molecule has 64 valence electrons. The molecule has 1 heterocycles. The lowest BCUT2D eigenvalue weighted by atomic mass is 9.99. The minimum atomic E-state index is -0.722. The van der Waals surface area contributed by atoms with Crippen LogP contribution >= 0.6 is 11.8 Å². The highest BCUT2D eigenvalue weighted by atomic mass is 35.5. The maximum Gasteiger partial charge on any atom is 0.308 e. The van der Waals surface area contributed by atoms with Crippen molar-refractivity contribution in [2.45, 2.75) is 25.8 Å². The maximum absolute atomic E-state index is 10.6. The van der Waals surface area contributed by atoms with E-state index in [0.29, 0.717) is 13.0 Å². The topological polar surface area (TPSA) is 40.5 Å². The van der Waals surface area contributed by atoms with Gasteiger partial charge in [0.05, 0.1) is 5.92 Å². The minimum absolute atomic E-state index is 0.0224. The first kappa shape index (κ1) is 8.81. The number of carboxylic acids is 1. The number of halogens is 1. The molecule has 1 fully saturated rings. The molecule has 3 nitrogen and oxygen atoms in total. The predicted molar refractivity (Wildman–Crippen MR) is 42.4 cm³/mol. The average Bonchev–Trinajstić information content (AvgIpc) is 2.30. The molecule has 0 aromatic rings. The van der Waals surface area contributed by atoms with Crippen LogP contribution in [0, 0.1) is 5.92 Å². The van der Waals surface area contributed by atoms with Gasteiger partial charge in [-0.15, -0.1) is 0 Å². The molecule has 0 amide bonds. The van der Waals surface area contributed by atoms with Gasteiger partial charge in [0.15, 0.2) is 0 Å². The molecule has 4 heteroatoms. The van der Waals surface area contributed by atoms with Gasteiger partial charge in [-0.2, -0.15) is 0 Å². The van der Waals surface area contributed by atoms with E-state index in [1.54, 1.807) is 4.42 Å². The molecule has 2 atom stereocenters. The van der Waals surface area contributed by atoms with Crippen molar-refractivity contribution < 1.29 is 9.90 Å². The Hall–Kier alpha value is -0.280. The van der Waals surface area contributed by atoms with Gasteiger partial charge in [0.25, 0.3) is 0 Å². The number of carboxylic acid groups (broad SMARTS) is 1. The SMILES string of the molecule is CCC1C(C(=O)O)CCN1Cl. The van der Waals surface area contributed by atoms with E-state index in [2.05, 4.69) is 0 Å². The van der Waals surface area contributed by atoms with Crippen LogP contribution in [0.15, 0.2) is 0 Å². The third-order valence-electron chi connectivity index (χ3n) is 2.21. The molecule has 0 radical (unpaired) electrons. The fraction of sp³-hybridized carbons (Fsp3) is 0.857. The van der Waals surface area contributed by atoms with Crippen LogP contribution in [0.1, 0.15) is 19.8 Å². The van der Waals surface area contributed by atoms with Crippen LogP contribution in [0.4, 0.5) is 0 Å². The van der Waals surface area contributed by atoms with E-state index in [1.165, 1.54) is 0 Å². The zero-order valence-electron chi connectivity index (χ0n) is 6.46. The molecule has 1 saturated heterocycles. The van der Waals surface area contributed by atoms with Gasteiger partial charge in [-0.3, -0.25) is 4.79 Å². The van der Waals surface area contributed by atoms with Crippen LogP contribution in [0.25, 0.3) is 0 Å². The number of rotatable bonds is 2. The smallest absolute Gasteiger partial charge is 0.308 e. The summed E-state index contributed by atoms with van der Waals surface area (Å²) in [4.78, 5) is 10.6. The average molecular weight is 178 g/mol. The summed E-state index contributed by atoms with van der Waals surface area (Å²) in [6.07, 6.45) is 1.48. The third-order valence-corrected chi connectivity index (χ3v) is 2.63. The van der Waals surface area contributed by atoms with E-state index in [-0.39, 0.29) is 12.0 Å². The number of aliphatic carboxylic acids is 1. The van der Waals surface area contributed by atoms with Gasteiger partial charge in [-0.1, -0.05) is 6.92 Å².